The van der Waals surface area contributed by atoms with Crippen LogP contribution in [0.1, 0.15) is 52.4 Å². The maximum atomic E-state index is 4.63. The molecule has 3 rings (SSSR count). The van der Waals surface area contributed by atoms with Crippen LogP contribution in [0.15, 0.2) is 18.3 Å². The molecule has 20 heavy (non-hydrogen) atoms. The van der Waals surface area contributed by atoms with Crippen LogP contribution in [0.4, 0.5) is 11.5 Å². The smallest absolute Gasteiger partial charge is 0.151 e. The van der Waals surface area contributed by atoms with Crippen LogP contribution < -0.4 is 10.2 Å². The molecule has 0 bridgehead atoms. The molecule has 3 nitrogen and oxygen atoms in total. The Kier molecular flexibility index (Phi) is 3.86. The van der Waals surface area contributed by atoms with Gasteiger partial charge >= 0.3 is 0 Å². The minimum Gasteiger partial charge on any atom is -0.379 e. The van der Waals surface area contributed by atoms with Crippen LogP contribution in [0.3, 0.4) is 0 Å². The summed E-state index contributed by atoms with van der Waals surface area (Å²) in [5.74, 6) is 1.16. The second-order valence-electron chi connectivity index (χ2n) is 7.17. The Hall–Kier alpha value is -1.25. The van der Waals surface area contributed by atoms with Gasteiger partial charge in [0.15, 0.2) is 5.82 Å². The molecular weight excluding hydrogens is 246 g/mol. The van der Waals surface area contributed by atoms with E-state index in [-0.39, 0.29) is 0 Å². The third-order valence-electron chi connectivity index (χ3n) is 4.76. The zero-order valence-electron chi connectivity index (χ0n) is 12.9. The molecule has 0 spiro atoms. The summed E-state index contributed by atoms with van der Waals surface area (Å²) >= 11 is 0. The topological polar surface area (TPSA) is 28.2 Å². The Morgan fingerprint density at radius 2 is 2.05 bits per heavy atom. The quantitative estimate of drug-likeness (QED) is 0.900. The normalized spacial score (nSPS) is 25.7. The lowest BCUT2D eigenvalue weighted by Crippen LogP contribution is -2.32. The van der Waals surface area contributed by atoms with Gasteiger partial charge in [-0.05, 0) is 49.7 Å². The first-order chi connectivity index (χ1) is 9.64. The Labute approximate surface area is 122 Å². The predicted molar refractivity (Wildman–Crippen MR) is 85.3 cm³/mol. The first-order valence-electron chi connectivity index (χ1n) is 8.11. The molecule has 1 aromatic heterocycles. The van der Waals surface area contributed by atoms with Gasteiger partial charge in [-0.2, -0.15) is 0 Å². The molecule has 1 aliphatic carbocycles. The lowest BCUT2D eigenvalue weighted by atomic mass is 9.75. The minimum atomic E-state index is 0.478. The van der Waals surface area contributed by atoms with Crippen LogP contribution in [0.25, 0.3) is 0 Å². The van der Waals surface area contributed by atoms with Gasteiger partial charge < -0.3 is 10.2 Å². The summed E-state index contributed by atoms with van der Waals surface area (Å²) in [6, 6.07) is 4.85. The van der Waals surface area contributed by atoms with Crippen molar-refractivity contribution < 1.29 is 0 Å². The van der Waals surface area contributed by atoms with Gasteiger partial charge in [0.1, 0.15) is 0 Å². The van der Waals surface area contributed by atoms with Crippen LogP contribution in [-0.2, 0) is 0 Å². The van der Waals surface area contributed by atoms with Gasteiger partial charge in [-0.15, -0.1) is 0 Å². The van der Waals surface area contributed by atoms with Crippen LogP contribution in [0.5, 0.6) is 0 Å². The van der Waals surface area contributed by atoms with Crippen molar-refractivity contribution in [3.8, 4) is 0 Å². The highest BCUT2D eigenvalue weighted by Crippen LogP contribution is 2.37. The van der Waals surface area contributed by atoms with Gasteiger partial charge in [0.25, 0.3) is 0 Å². The first kappa shape index (κ1) is 13.7. The van der Waals surface area contributed by atoms with Gasteiger partial charge in [-0.1, -0.05) is 20.3 Å². The number of pyridine rings is 1. The average Bonchev–Trinajstić information content (AvgIpc) is 2.92. The molecule has 110 valence electrons. The van der Waals surface area contributed by atoms with Gasteiger partial charge in [0.2, 0.25) is 0 Å². The van der Waals surface area contributed by atoms with Gasteiger partial charge in [0, 0.05) is 25.3 Å². The third-order valence-corrected chi connectivity index (χ3v) is 4.76. The highest BCUT2D eigenvalue weighted by Gasteiger charge is 2.28. The molecule has 2 fully saturated rings. The Morgan fingerprint density at radius 1 is 1.25 bits per heavy atom. The van der Waals surface area contributed by atoms with Crippen LogP contribution in [0, 0.1) is 5.41 Å². The summed E-state index contributed by atoms with van der Waals surface area (Å²) in [7, 11) is 0. The lowest BCUT2D eigenvalue weighted by Gasteiger charge is -2.36. The molecule has 2 heterocycles. The van der Waals surface area contributed by atoms with Crippen LogP contribution in [-0.4, -0.2) is 24.1 Å². The van der Waals surface area contributed by atoms with E-state index in [4.69, 9.17) is 0 Å². The first-order valence-corrected chi connectivity index (χ1v) is 8.11. The van der Waals surface area contributed by atoms with Crippen molar-refractivity contribution in [1.82, 2.24) is 4.98 Å². The van der Waals surface area contributed by atoms with Crippen molar-refractivity contribution in [3.05, 3.63) is 18.3 Å². The Bertz CT molecular complexity index is 449. The number of nitrogens with one attached hydrogen (secondary N) is 1. The molecule has 1 aromatic rings. The summed E-state index contributed by atoms with van der Waals surface area (Å²) in [4.78, 5) is 7.05. The maximum Gasteiger partial charge on any atom is 0.151 e. The maximum absolute atomic E-state index is 4.63. The number of anilines is 2. The molecular formula is C17H27N3. The summed E-state index contributed by atoms with van der Waals surface area (Å²) in [5, 5.41) is 3.78. The SMILES string of the molecule is CC1(C)CCCC(Nc2cccnc2N2CCCC2)C1. The number of aromatic nitrogens is 1. The number of hydrogen-bond donors (Lipinski definition) is 1. The second kappa shape index (κ2) is 5.63. The fourth-order valence-electron chi connectivity index (χ4n) is 3.73. The molecule has 0 radical (unpaired) electrons. The van der Waals surface area contributed by atoms with E-state index < -0.39 is 0 Å². The number of rotatable bonds is 3. The van der Waals surface area contributed by atoms with Crippen molar-refractivity contribution >= 4 is 11.5 Å². The molecule has 1 N–H and O–H groups in total. The van der Waals surface area contributed by atoms with E-state index >= 15 is 0 Å². The van der Waals surface area contributed by atoms with Gasteiger partial charge in [-0.3, -0.25) is 0 Å². The average molecular weight is 273 g/mol. The molecule has 1 saturated carbocycles. The summed E-state index contributed by atoms with van der Waals surface area (Å²) in [5.41, 5.74) is 1.71. The van der Waals surface area contributed by atoms with E-state index in [1.807, 2.05) is 6.20 Å². The summed E-state index contributed by atoms with van der Waals surface area (Å²) < 4.78 is 0. The second-order valence-corrected chi connectivity index (χ2v) is 7.17. The van der Waals surface area contributed by atoms with E-state index in [1.54, 1.807) is 0 Å². The Balaban J connectivity index is 1.73. The van der Waals surface area contributed by atoms with E-state index in [9.17, 15) is 0 Å². The molecule has 2 aliphatic rings. The van der Waals surface area contributed by atoms with E-state index in [1.165, 1.54) is 44.2 Å². The van der Waals surface area contributed by atoms with Crippen LogP contribution >= 0.6 is 0 Å². The molecule has 0 aromatic carbocycles. The fraction of sp³-hybridized carbons (Fsp3) is 0.706. The Morgan fingerprint density at radius 3 is 2.80 bits per heavy atom. The number of hydrogen-bond acceptors (Lipinski definition) is 3. The van der Waals surface area contributed by atoms with Crippen molar-refractivity contribution in [2.45, 2.75) is 58.4 Å². The largest absolute Gasteiger partial charge is 0.379 e. The third kappa shape index (κ3) is 3.08. The minimum absolute atomic E-state index is 0.478. The number of nitrogens with zero attached hydrogens (tertiary/aromatic N) is 2. The predicted octanol–water partition coefficient (Wildman–Crippen LogP) is 4.06. The van der Waals surface area contributed by atoms with Gasteiger partial charge in [-0.25, -0.2) is 4.98 Å². The van der Waals surface area contributed by atoms with E-state index in [0.29, 0.717) is 11.5 Å². The zero-order chi connectivity index (χ0) is 14.0. The van der Waals surface area contributed by atoms with Crippen molar-refractivity contribution in [2.24, 2.45) is 5.41 Å². The molecule has 1 aliphatic heterocycles. The molecule has 1 saturated heterocycles. The van der Waals surface area contributed by atoms with Crippen molar-refractivity contribution in [3.63, 3.8) is 0 Å². The highest BCUT2D eigenvalue weighted by molar-refractivity contribution is 5.66. The standard InChI is InChI=1S/C17H27N3/c1-17(2)9-5-7-14(13-17)19-15-8-6-10-18-16(15)20-11-3-4-12-20/h6,8,10,14,19H,3-5,7,9,11-13H2,1-2H3. The van der Waals surface area contributed by atoms with Crippen molar-refractivity contribution in [2.75, 3.05) is 23.3 Å². The fourth-order valence-corrected chi connectivity index (χ4v) is 3.73. The van der Waals surface area contributed by atoms with E-state index in [2.05, 4.69) is 41.2 Å². The molecule has 0 amide bonds. The highest BCUT2D eigenvalue weighted by atomic mass is 15.2. The van der Waals surface area contributed by atoms with Gasteiger partial charge in [0.05, 0.1) is 5.69 Å². The van der Waals surface area contributed by atoms with Crippen LogP contribution in [0.2, 0.25) is 0 Å². The monoisotopic (exact) mass is 273 g/mol. The molecule has 1 atom stereocenters. The molecule has 1 unspecified atom stereocenters. The zero-order valence-corrected chi connectivity index (χ0v) is 12.9. The molecule has 3 heteroatoms. The van der Waals surface area contributed by atoms with Crippen molar-refractivity contribution in [1.29, 1.82) is 0 Å². The summed E-state index contributed by atoms with van der Waals surface area (Å²) in [6.45, 7) is 7.10. The van der Waals surface area contributed by atoms with E-state index in [0.717, 1.165) is 18.9 Å². The summed E-state index contributed by atoms with van der Waals surface area (Å²) in [6.07, 6.45) is 9.77. The lowest BCUT2D eigenvalue weighted by molar-refractivity contribution is 0.229.